The molecule has 2 N–H and O–H groups in total. The van der Waals surface area contributed by atoms with Gasteiger partial charge in [0.05, 0.1) is 10.8 Å². The third-order valence-electron chi connectivity index (χ3n) is 6.17. The Morgan fingerprint density at radius 2 is 1.97 bits per heavy atom. The second-order valence-corrected chi connectivity index (χ2v) is 10.9. The van der Waals surface area contributed by atoms with Gasteiger partial charge in [0.15, 0.2) is 5.13 Å². The molecule has 3 heterocycles. The number of H-pyrrole nitrogens is 1. The molecule has 1 atom stereocenters. The SMILES string of the molecule is C[C@H](C(=O)N1CCN(c2ccc(S(=O)(=O)Nc3nccs3)cc2)C(=O)C1)c1c[nH]c2cccc(F)c12. The first-order valence-electron chi connectivity index (χ1n) is 11.1. The normalized spacial score (nSPS) is 15.3. The molecule has 1 aliphatic heterocycles. The van der Waals surface area contributed by atoms with Crippen LogP contribution in [0.25, 0.3) is 10.9 Å². The lowest BCUT2D eigenvalue weighted by molar-refractivity contribution is -0.137. The van der Waals surface area contributed by atoms with Gasteiger partial charge in [-0.05, 0) is 48.9 Å². The molecule has 12 heteroatoms. The molecular weight excluding hydrogens is 505 g/mol. The van der Waals surface area contributed by atoms with Crippen molar-refractivity contribution in [2.24, 2.45) is 0 Å². The van der Waals surface area contributed by atoms with Crippen LogP contribution in [0.2, 0.25) is 0 Å². The van der Waals surface area contributed by atoms with E-state index in [1.165, 1.54) is 45.5 Å². The molecule has 2 aromatic carbocycles. The molecule has 0 spiro atoms. The van der Waals surface area contributed by atoms with Crippen LogP contribution in [0.3, 0.4) is 0 Å². The Morgan fingerprint density at radius 1 is 1.19 bits per heavy atom. The first-order valence-corrected chi connectivity index (χ1v) is 13.5. The number of hydrogen-bond acceptors (Lipinski definition) is 6. The third-order valence-corrected chi connectivity index (χ3v) is 8.34. The van der Waals surface area contributed by atoms with Crippen molar-refractivity contribution >= 4 is 54.9 Å². The van der Waals surface area contributed by atoms with Crippen molar-refractivity contribution in [2.45, 2.75) is 17.7 Å². The number of aromatic nitrogens is 2. The number of sulfonamides is 1. The van der Waals surface area contributed by atoms with Gasteiger partial charge in [0.25, 0.3) is 10.0 Å². The number of carbonyl (C=O) groups excluding carboxylic acids is 2. The summed E-state index contributed by atoms with van der Waals surface area (Å²) in [7, 11) is -3.80. The highest BCUT2D eigenvalue weighted by molar-refractivity contribution is 7.93. The van der Waals surface area contributed by atoms with Crippen LogP contribution < -0.4 is 9.62 Å². The molecule has 5 rings (SSSR count). The molecule has 0 bridgehead atoms. The van der Waals surface area contributed by atoms with E-state index in [0.717, 1.165) is 0 Å². The lowest BCUT2D eigenvalue weighted by Crippen LogP contribution is -2.53. The number of nitrogens with one attached hydrogen (secondary N) is 2. The molecule has 1 saturated heterocycles. The number of hydrogen-bond donors (Lipinski definition) is 2. The van der Waals surface area contributed by atoms with E-state index in [1.807, 2.05) is 0 Å². The van der Waals surface area contributed by atoms with Crippen LogP contribution in [0.5, 0.6) is 0 Å². The zero-order valence-electron chi connectivity index (χ0n) is 19.1. The molecule has 0 radical (unpaired) electrons. The quantitative estimate of drug-likeness (QED) is 0.398. The van der Waals surface area contributed by atoms with Crippen molar-refractivity contribution in [1.29, 1.82) is 0 Å². The molecule has 0 aliphatic carbocycles. The van der Waals surface area contributed by atoms with Gasteiger partial charge in [-0.25, -0.2) is 17.8 Å². The molecule has 186 valence electrons. The summed E-state index contributed by atoms with van der Waals surface area (Å²) in [5.41, 5.74) is 1.69. The third kappa shape index (κ3) is 4.44. The van der Waals surface area contributed by atoms with Crippen molar-refractivity contribution in [3.8, 4) is 0 Å². The molecule has 1 fully saturated rings. The molecule has 4 aromatic rings. The standard InChI is InChI=1S/C24H22FN5O4S2/c1-15(18-13-27-20-4-2-3-19(25)22(18)20)23(32)29-10-11-30(21(31)14-29)16-5-7-17(8-6-16)36(33,34)28-24-26-9-12-35-24/h2-9,12-13,15,27H,10-11,14H2,1H3,(H,26,28)/t15-/m0/s1. The van der Waals surface area contributed by atoms with Gasteiger partial charge in [-0.1, -0.05) is 6.07 Å². The summed E-state index contributed by atoms with van der Waals surface area (Å²) in [6, 6.07) is 10.7. The Balaban J connectivity index is 1.27. The molecular formula is C24H22FN5O4S2. The van der Waals surface area contributed by atoms with Gasteiger partial charge in [-0.3, -0.25) is 14.3 Å². The molecule has 0 saturated carbocycles. The topological polar surface area (TPSA) is 115 Å². The smallest absolute Gasteiger partial charge is 0.263 e. The highest BCUT2D eigenvalue weighted by atomic mass is 32.2. The van der Waals surface area contributed by atoms with E-state index in [-0.39, 0.29) is 34.9 Å². The van der Waals surface area contributed by atoms with Gasteiger partial charge >= 0.3 is 0 Å². The van der Waals surface area contributed by atoms with Crippen molar-refractivity contribution < 1.29 is 22.4 Å². The summed E-state index contributed by atoms with van der Waals surface area (Å²) in [4.78, 5) is 36.0. The summed E-state index contributed by atoms with van der Waals surface area (Å²) in [5, 5.41) is 2.30. The van der Waals surface area contributed by atoms with Gasteiger partial charge in [-0.2, -0.15) is 0 Å². The van der Waals surface area contributed by atoms with Crippen molar-refractivity contribution in [2.75, 3.05) is 29.3 Å². The fourth-order valence-corrected chi connectivity index (χ4v) is 6.09. The largest absolute Gasteiger partial charge is 0.361 e. The first-order chi connectivity index (χ1) is 17.2. The fourth-order valence-electron chi connectivity index (χ4n) is 4.30. The number of anilines is 2. The fraction of sp³-hybridized carbons (Fsp3) is 0.208. The van der Waals surface area contributed by atoms with E-state index in [2.05, 4.69) is 14.7 Å². The van der Waals surface area contributed by atoms with Gasteiger partial charge in [0, 0.05) is 47.5 Å². The number of halogens is 1. The van der Waals surface area contributed by atoms with Crippen molar-refractivity contribution in [1.82, 2.24) is 14.9 Å². The van der Waals surface area contributed by atoms with Crippen LogP contribution in [-0.4, -0.2) is 54.7 Å². The van der Waals surface area contributed by atoms with Crippen LogP contribution in [0.15, 0.2) is 65.1 Å². The van der Waals surface area contributed by atoms with E-state index in [9.17, 15) is 22.4 Å². The van der Waals surface area contributed by atoms with E-state index >= 15 is 0 Å². The van der Waals surface area contributed by atoms with E-state index in [4.69, 9.17) is 0 Å². The Morgan fingerprint density at radius 3 is 2.67 bits per heavy atom. The Hall–Kier alpha value is -3.77. The van der Waals surface area contributed by atoms with Crippen molar-refractivity contribution in [3.05, 3.63) is 71.6 Å². The number of aromatic amines is 1. The lowest BCUT2D eigenvalue weighted by Gasteiger charge is -2.35. The van der Waals surface area contributed by atoms with Crippen LogP contribution in [-0.2, 0) is 19.6 Å². The minimum absolute atomic E-state index is 0.0440. The molecule has 2 amide bonds. The van der Waals surface area contributed by atoms with Crippen LogP contribution in [0, 0.1) is 5.82 Å². The first kappa shape index (κ1) is 23.9. The molecule has 36 heavy (non-hydrogen) atoms. The Labute approximate surface area is 210 Å². The van der Waals surface area contributed by atoms with E-state index < -0.39 is 21.8 Å². The average molecular weight is 528 g/mol. The highest BCUT2D eigenvalue weighted by Gasteiger charge is 2.32. The summed E-state index contributed by atoms with van der Waals surface area (Å²) in [6.45, 7) is 2.13. The van der Waals surface area contributed by atoms with Crippen LogP contribution in [0.4, 0.5) is 15.2 Å². The summed E-state index contributed by atoms with van der Waals surface area (Å²) >= 11 is 1.17. The number of carbonyl (C=O) groups is 2. The van der Waals surface area contributed by atoms with Gasteiger partial charge in [0.1, 0.15) is 12.4 Å². The van der Waals surface area contributed by atoms with Crippen molar-refractivity contribution in [3.63, 3.8) is 0 Å². The van der Waals surface area contributed by atoms with E-state index in [1.54, 1.807) is 42.8 Å². The molecule has 0 unspecified atom stereocenters. The minimum Gasteiger partial charge on any atom is -0.361 e. The molecule has 9 nitrogen and oxygen atoms in total. The number of thiazole rings is 1. The van der Waals surface area contributed by atoms with Gasteiger partial charge in [0.2, 0.25) is 11.8 Å². The van der Waals surface area contributed by atoms with Crippen LogP contribution in [0.1, 0.15) is 18.4 Å². The van der Waals surface area contributed by atoms with E-state index in [0.29, 0.717) is 28.7 Å². The number of fused-ring (bicyclic) bond motifs is 1. The Kier molecular flexibility index (Phi) is 6.22. The molecule has 1 aliphatic rings. The Bertz CT molecular complexity index is 1530. The number of amides is 2. The summed E-state index contributed by atoms with van der Waals surface area (Å²) in [5.74, 6) is -1.59. The van der Waals surface area contributed by atoms with Gasteiger partial charge < -0.3 is 14.8 Å². The maximum atomic E-state index is 14.4. The molecule has 2 aromatic heterocycles. The predicted molar refractivity (Wildman–Crippen MR) is 135 cm³/mol. The van der Waals surface area contributed by atoms with Crippen LogP contribution >= 0.6 is 11.3 Å². The highest BCUT2D eigenvalue weighted by Crippen LogP contribution is 2.30. The predicted octanol–water partition coefficient (Wildman–Crippen LogP) is 3.54. The zero-order valence-corrected chi connectivity index (χ0v) is 20.8. The van der Waals surface area contributed by atoms with Gasteiger partial charge in [-0.15, -0.1) is 11.3 Å². The number of piperazine rings is 1. The monoisotopic (exact) mass is 527 g/mol. The minimum atomic E-state index is -3.80. The lowest BCUT2D eigenvalue weighted by atomic mass is 9.98. The summed E-state index contributed by atoms with van der Waals surface area (Å²) in [6.07, 6.45) is 3.13. The second kappa shape index (κ2) is 9.36. The number of rotatable bonds is 6. The maximum absolute atomic E-state index is 14.4. The zero-order chi connectivity index (χ0) is 25.4. The number of benzene rings is 2. The average Bonchev–Trinajstić information content (AvgIpc) is 3.53. The second-order valence-electron chi connectivity index (χ2n) is 8.37. The number of nitrogens with zero attached hydrogens (tertiary/aromatic N) is 3. The maximum Gasteiger partial charge on any atom is 0.263 e. The summed E-state index contributed by atoms with van der Waals surface area (Å²) < 4.78 is 41.9.